The van der Waals surface area contributed by atoms with E-state index in [9.17, 15) is 0 Å². The van der Waals surface area contributed by atoms with Gasteiger partial charge in [0, 0.05) is 26.7 Å². The van der Waals surface area contributed by atoms with Crippen LogP contribution < -0.4 is 9.64 Å². The second kappa shape index (κ2) is 5.85. The van der Waals surface area contributed by atoms with E-state index in [-0.39, 0.29) is 0 Å². The molecule has 0 fully saturated rings. The van der Waals surface area contributed by atoms with E-state index in [0.29, 0.717) is 5.15 Å². The summed E-state index contributed by atoms with van der Waals surface area (Å²) in [6.07, 6.45) is 1.75. The molecule has 6 heteroatoms. The molecule has 0 aliphatic carbocycles. The zero-order chi connectivity index (χ0) is 15.7. The minimum Gasteiger partial charge on any atom is -0.497 e. The van der Waals surface area contributed by atoms with Crippen molar-refractivity contribution < 1.29 is 4.74 Å². The third-order valence-electron chi connectivity index (χ3n) is 3.61. The van der Waals surface area contributed by atoms with Gasteiger partial charge in [0.2, 0.25) is 0 Å². The summed E-state index contributed by atoms with van der Waals surface area (Å²) in [5, 5.41) is 0.465. The molecule has 5 nitrogen and oxygen atoms in total. The number of hydrogen-bond acceptors (Lipinski definition) is 4. The second-order valence-electron chi connectivity index (χ2n) is 5.20. The van der Waals surface area contributed by atoms with E-state index in [0.717, 1.165) is 29.1 Å². The number of rotatable bonds is 4. The van der Waals surface area contributed by atoms with Gasteiger partial charge in [-0.25, -0.2) is 9.97 Å². The molecule has 0 amide bonds. The molecule has 2 heterocycles. The van der Waals surface area contributed by atoms with Gasteiger partial charge in [0.15, 0.2) is 5.65 Å². The third-order valence-corrected chi connectivity index (χ3v) is 3.80. The Bertz CT molecular complexity index is 798. The predicted molar refractivity (Wildman–Crippen MR) is 88.6 cm³/mol. The summed E-state index contributed by atoms with van der Waals surface area (Å²) in [6.45, 7) is 0.746. The number of imidazole rings is 1. The lowest BCUT2D eigenvalue weighted by atomic mass is 10.2. The quantitative estimate of drug-likeness (QED) is 0.693. The van der Waals surface area contributed by atoms with Crippen LogP contribution in [-0.4, -0.2) is 28.7 Å². The van der Waals surface area contributed by atoms with Crippen molar-refractivity contribution >= 4 is 28.5 Å². The molecule has 1 aromatic carbocycles. The van der Waals surface area contributed by atoms with Crippen LogP contribution in [0.1, 0.15) is 5.56 Å². The molecule has 22 heavy (non-hydrogen) atoms. The summed E-state index contributed by atoms with van der Waals surface area (Å²) in [6, 6.07) is 9.86. The average Bonchev–Trinajstić information content (AvgIpc) is 2.88. The highest BCUT2D eigenvalue weighted by Crippen LogP contribution is 2.27. The molecule has 0 aliphatic heterocycles. The Morgan fingerprint density at radius 3 is 2.68 bits per heavy atom. The minimum absolute atomic E-state index is 0.465. The highest BCUT2D eigenvalue weighted by atomic mass is 35.5. The van der Waals surface area contributed by atoms with Crippen LogP contribution in [-0.2, 0) is 13.6 Å². The van der Waals surface area contributed by atoms with E-state index in [2.05, 4.69) is 14.9 Å². The van der Waals surface area contributed by atoms with E-state index in [1.165, 1.54) is 5.56 Å². The molecule has 0 N–H and O–H groups in total. The topological polar surface area (TPSA) is 43.2 Å². The van der Waals surface area contributed by atoms with Gasteiger partial charge in [-0.3, -0.25) is 0 Å². The number of aryl methyl sites for hydroxylation is 1. The van der Waals surface area contributed by atoms with Crippen molar-refractivity contribution in [3.63, 3.8) is 0 Å². The van der Waals surface area contributed by atoms with Gasteiger partial charge in [0.1, 0.15) is 16.4 Å². The summed E-state index contributed by atoms with van der Waals surface area (Å²) in [5.74, 6) is 0.852. The fourth-order valence-electron chi connectivity index (χ4n) is 2.43. The van der Waals surface area contributed by atoms with Gasteiger partial charge < -0.3 is 14.2 Å². The number of ether oxygens (including phenoxy) is 1. The van der Waals surface area contributed by atoms with Gasteiger partial charge >= 0.3 is 0 Å². The maximum absolute atomic E-state index is 6.14. The number of methoxy groups -OCH3 is 1. The Morgan fingerprint density at radius 2 is 2.00 bits per heavy atom. The average molecular weight is 317 g/mol. The number of anilines is 1. The van der Waals surface area contributed by atoms with Crippen LogP contribution in [0.4, 0.5) is 5.69 Å². The number of pyridine rings is 1. The molecule has 0 bridgehead atoms. The molecule has 0 atom stereocenters. The fraction of sp³-hybridized carbons (Fsp3) is 0.250. The Balaban J connectivity index is 1.92. The van der Waals surface area contributed by atoms with Crippen LogP contribution in [0, 0.1) is 0 Å². The van der Waals surface area contributed by atoms with Crippen LogP contribution in [0.2, 0.25) is 5.15 Å². The predicted octanol–water partition coefficient (Wildman–Crippen LogP) is 3.27. The number of hydrogen-bond donors (Lipinski definition) is 0. The van der Waals surface area contributed by atoms with E-state index in [4.69, 9.17) is 16.3 Å². The maximum Gasteiger partial charge on any atom is 0.163 e. The maximum atomic E-state index is 6.14. The number of benzene rings is 1. The lowest BCUT2D eigenvalue weighted by Crippen LogP contribution is -2.17. The van der Waals surface area contributed by atoms with Crippen LogP contribution in [0.3, 0.4) is 0 Å². The normalized spacial score (nSPS) is 10.9. The first-order chi connectivity index (χ1) is 10.6. The van der Waals surface area contributed by atoms with Crippen molar-refractivity contribution in [2.45, 2.75) is 6.54 Å². The Labute approximate surface area is 134 Å². The first-order valence-corrected chi connectivity index (χ1v) is 7.28. The fourth-order valence-corrected chi connectivity index (χ4v) is 2.62. The lowest BCUT2D eigenvalue weighted by molar-refractivity contribution is 0.414. The summed E-state index contributed by atoms with van der Waals surface area (Å²) in [7, 11) is 5.59. The Hall–Kier alpha value is -2.27. The number of fused-ring (bicyclic) bond motifs is 1. The van der Waals surface area contributed by atoms with E-state index in [1.54, 1.807) is 13.4 Å². The molecule has 0 spiro atoms. The lowest BCUT2D eigenvalue weighted by Gasteiger charge is -2.20. The second-order valence-corrected chi connectivity index (χ2v) is 5.58. The van der Waals surface area contributed by atoms with Gasteiger partial charge in [0.25, 0.3) is 0 Å². The van der Waals surface area contributed by atoms with Gasteiger partial charge in [-0.15, -0.1) is 0 Å². The van der Waals surface area contributed by atoms with E-state index < -0.39 is 0 Å². The zero-order valence-corrected chi connectivity index (χ0v) is 13.5. The van der Waals surface area contributed by atoms with Crippen LogP contribution in [0.15, 0.2) is 36.7 Å². The zero-order valence-electron chi connectivity index (χ0n) is 12.7. The highest BCUT2D eigenvalue weighted by Gasteiger charge is 2.13. The summed E-state index contributed by atoms with van der Waals surface area (Å²) < 4.78 is 7.05. The SMILES string of the molecule is COc1ccc(CN(C)c2cc(Cl)nc3c2ncn3C)cc1. The first-order valence-electron chi connectivity index (χ1n) is 6.90. The number of halogens is 1. The van der Waals surface area contributed by atoms with Gasteiger partial charge in [-0.1, -0.05) is 23.7 Å². The van der Waals surface area contributed by atoms with Gasteiger partial charge in [-0.2, -0.15) is 0 Å². The standard InChI is InChI=1S/C16H17ClN4O/c1-20(9-11-4-6-12(22-3)7-5-11)13-8-14(17)19-16-15(13)18-10-21(16)2/h4-8,10H,9H2,1-3H3. The highest BCUT2D eigenvalue weighted by molar-refractivity contribution is 6.30. The molecule has 2 aromatic heterocycles. The summed E-state index contributed by atoms with van der Waals surface area (Å²) in [4.78, 5) is 10.9. The van der Waals surface area contributed by atoms with Crippen LogP contribution in [0.5, 0.6) is 5.75 Å². The number of nitrogens with zero attached hydrogens (tertiary/aromatic N) is 4. The molecular weight excluding hydrogens is 300 g/mol. The minimum atomic E-state index is 0.465. The molecule has 3 rings (SSSR count). The third kappa shape index (κ3) is 2.72. The van der Waals surface area contributed by atoms with Crippen molar-refractivity contribution in [1.82, 2.24) is 14.5 Å². The monoisotopic (exact) mass is 316 g/mol. The van der Waals surface area contributed by atoms with Gasteiger partial charge in [0.05, 0.1) is 19.1 Å². The molecule has 3 aromatic rings. The molecule has 0 saturated carbocycles. The molecule has 0 radical (unpaired) electrons. The largest absolute Gasteiger partial charge is 0.497 e. The van der Waals surface area contributed by atoms with Crippen molar-refractivity contribution in [2.24, 2.45) is 7.05 Å². The summed E-state index contributed by atoms with van der Waals surface area (Å²) in [5.41, 5.74) is 3.78. The van der Waals surface area contributed by atoms with E-state index >= 15 is 0 Å². The van der Waals surface area contributed by atoms with Crippen LogP contribution in [0.25, 0.3) is 11.2 Å². The van der Waals surface area contributed by atoms with Gasteiger partial charge in [-0.05, 0) is 17.7 Å². The van der Waals surface area contributed by atoms with Crippen molar-refractivity contribution in [2.75, 3.05) is 19.1 Å². The number of aromatic nitrogens is 3. The van der Waals surface area contributed by atoms with E-state index in [1.807, 2.05) is 49.0 Å². The van der Waals surface area contributed by atoms with Crippen molar-refractivity contribution in [1.29, 1.82) is 0 Å². The van der Waals surface area contributed by atoms with Crippen molar-refractivity contribution in [3.05, 3.63) is 47.4 Å². The Morgan fingerprint density at radius 1 is 1.27 bits per heavy atom. The molecule has 114 valence electrons. The first kappa shape index (κ1) is 14.7. The molecule has 0 unspecified atom stereocenters. The smallest absolute Gasteiger partial charge is 0.163 e. The Kier molecular flexibility index (Phi) is 3.90. The molecule has 0 saturated heterocycles. The van der Waals surface area contributed by atoms with Crippen molar-refractivity contribution in [3.8, 4) is 5.75 Å². The van der Waals surface area contributed by atoms with Crippen LogP contribution >= 0.6 is 11.6 Å². The summed E-state index contributed by atoms with van der Waals surface area (Å²) >= 11 is 6.14. The molecule has 0 aliphatic rings. The molecular formula is C16H17ClN4O.